The van der Waals surface area contributed by atoms with Crippen LogP contribution < -0.4 is 5.32 Å². The number of hydrogen-bond acceptors (Lipinski definition) is 3. The number of nitrogens with one attached hydrogen (secondary N) is 1. The van der Waals surface area contributed by atoms with Crippen molar-refractivity contribution < 1.29 is 14.3 Å². The van der Waals surface area contributed by atoms with Crippen molar-refractivity contribution >= 4 is 5.97 Å². The lowest BCUT2D eigenvalue weighted by Gasteiger charge is -2.28. The van der Waals surface area contributed by atoms with Gasteiger partial charge in [0.25, 0.3) is 0 Å². The van der Waals surface area contributed by atoms with Crippen LogP contribution in [0, 0.1) is 0 Å². The molecule has 4 heteroatoms. The Bertz CT molecular complexity index is 321. The van der Waals surface area contributed by atoms with Crippen LogP contribution in [0.15, 0.2) is 23.0 Å². The lowest BCUT2D eigenvalue weighted by Crippen LogP contribution is -2.38. The van der Waals surface area contributed by atoms with Gasteiger partial charge in [0.05, 0.1) is 18.9 Å². The molecule has 4 nitrogen and oxygen atoms in total. The average Bonchev–Trinajstić information content (AvgIpc) is 2.69. The molecular formula is C11H15NO3. The zero-order valence-corrected chi connectivity index (χ0v) is 8.48. The Morgan fingerprint density at radius 3 is 3.20 bits per heavy atom. The van der Waals surface area contributed by atoms with E-state index in [0.29, 0.717) is 5.92 Å². The van der Waals surface area contributed by atoms with Crippen molar-refractivity contribution in [2.45, 2.75) is 31.2 Å². The number of piperidine rings is 1. The van der Waals surface area contributed by atoms with Crippen LogP contribution in [-0.4, -0.2) is 23.7 Å². The second-order valence-electron chi connectivity index (χ2n) is 4.03. The van der Waals surface area contributed by atoms with Crippen molar-refractivity contribution in [2.75, 3.05) is 6.54 Å². The van der Waals surface area contributed by atoms with E-state index in [0.717, 1.165) is 19.4 Å². The summed E-state index contributed by atoms with van der Waals surface area (Å²) in [4.78, 5) is 10.6. The predicted octanol–water partition coefficient (Wildman–Crippen LogP) is 1.59. The normalized spacial score (nSPS) is 26.4. The van der Waals surface area contributed by atoms with E-state index in [4.69, 9.17) is 9.52 Å². The second-order valence-corrected chi connectivity index (χ2v) is 4.03. The summed E-state index contributed by atoms with van der Waals surface area (Å²) >= 11 is 0. The molecule has 1 aromatic heterocycles. The van der Waals surface area contributed by atoms with Crippen LogP contribution in [0.5, 0.6) is 0 Å². The number of aliphatic carboxylic acids is 1. The summed E-state index contributed by atoms with van der Waals surface area (Å²) in [6.45, 7) is 0.883. The minimum absolute atomic E-state index is 0.0937. The van der Waals surface area contributed by atoms with E-state index in [1.807, 2.05) is 6.07 Å². The van der Waals surface area contributed by atoms with E-state index in [2.05, 4.69) is 5.32 Å². The topological polar surface area (TPSA) is 62.5 Å². The highest BCUT2D eigenvalue weighted by Gasteiger charge is 2.24. The summed E-state index contributed by atoms with van der Waals surface area (Å²) in [5, 5.41) is 12.0. The minimum Gasteiger partial charge on any atom is -0.481 e. The molecule has 1 aliphatic heterocycles. The summed E-state index contributed by atoms with van der Waals surface area (Å²) in [5.41, 5.74) is 1.19. The number of carboxylic acids is 1. The summed E-state index contributed by atoms with van der Waals surface area (Å²) in [7, 11) is 0. The van der Waals surface area contributed by atoms with Gasteiger partial charge in [-0.15, -0.1) is 0 Å². The van der Waals surface area contributed by atoms with Crippen LogP contribution >= 0.6 is 0 Å². The molecule has 15 heavy (non-hydrogen) atoms. The third kappa shape index (κ3) is 2.59. The molecule has 0 amide bonds. The maximum atomic E-state index is 10.6. The molecule has 2 heterocycles. The third-order valence-electron chi connectivity index (χ3n) is 2.93. The molecule has 0 bridgehead atoms. The van der Waals surface area contributed by atoms with Crippen molar-refractivity contribution in [1.29, 1.82) is 0 Å². The van der Waals surface area contributed by atoms with E-state index in [1.165, 1.54) is 5.56 Å². The maximum Gasteiger partial charge on any atom is 0.304 e. The zero-order chi connectivity index (χ0) is 10.7. The Morgan fingerprint density at radius 2 is 2.53 bits per heavy atom. The summed E-state index contributed by atoms with van der Waals surface area (Å²) in [6.07, 6.45) is 5.56. The van der Waals surface area contributed by atoms with Gasteiger partial charge in [-0.25, -0.2) is 0 Å². The average molecular weight is 209 g/mol. The van der Waals surface area contributed by atoms with Gasteiger partial charge in [-0.2, -0.15) is 0 Å². The molecule has 0 saturated carbocycles. The Morgan fingerprint density at radius 1 is 1.67 bits per heavy atom. The van der Waals surface area contributed by atoms with E-state index in [9.17, 15) is 4.79 Å². The van der Waals surface area contributed by atoms with Gasteiger partial charge >= 0.3 is 5.97 Å². The van der Waals surface area contributed by atoms with Crippen molar-refractivity contribution in [3.05, 3.63) is 24.2 Å². The van der Waals surface area contributed by atoms with E-state index >= 15 is 0 Å². The first kappa shape index (κ1) is 10.2. The molecule has 1 aliphatic rings. The zero-order valence-electron chi connectivity index (χ0n) is 8.48. The van der Waals surface area contributed by atoms with Crippen molar-refractivity contribution in [2.24, 2.45) is 0 Å². The molecule has 2 N–H and O–H groups in total. The SMILES string of the molecule is O=C(O)CC1CC(c2ccoc2)CCN1. The summed E-state index contributed by atoms with van der Waals surface area (Å²) in [5.74, 6) is -0.297. The fourth-order valence-electron chi connectivity index (χ4n) is 2.18. The largest absolute Gasteiger partial charge is 0.481 e. The van der Waals surface area contributed by atoms with Gasteiger partial charge in [0, 0.05) is 6.04 Å². The van der Waals surface area contributed by atoms with Crippen LogP contribution in [-0.2, 0) is 4.79 Å². The molecule has 0 spiro atoms. The molecule has 82 valence electrons. The van der Waals surface area contributed by atoms with Crippen LogP contribution in [0.1, 0.15) is 30.7 Å². The lowest BCUT2D eigenvalue weighted by molar-refractivity contribution is -0.137. The van der Waals surface area contributed by atoms with Crippen molar-refractivity contribution in [3.63, 3.8) is 0 Å². The van der Waals surface area contributed by atoms with Gasteiger partial charge in [0.2, 0.25) is 0 Å². The van der Waals surface area contributed by atoms with Gasteiger partial charge in [-0.3, -0.25) is 4.79 Å². The molecule has 1 saturated heterocycles. The van der Waals surface area contributed by atoms with Gasteiger partial charge < -0.3 is 14.8 Å². The molecule has 1 fully saturated rings. The molecule has 2 rings (SSSR count). The quantitative estimate of drug-likeness (QED) is 0.793. The highest BCUT2D eigenvalue weighted by Crippen LogP contribution is 2.28. The van der Waals surface area contributed by atoms with E-state index < -0.39 is 5.97 Å². The molecule has 2 unspecified atom stereocenters. The fourth-order valence-corrected chi connectivity index (χ4v) is 2.18. The molecule has 0 aliphatic carbocycles. The van der Waals surface area contributed by atoms with Crippen LogP contribution in [0.3, 0.4) is 0 Å². The van der Waals surface area contributed by atoms with Crippen LogP contribution in [0.25, 0.3) is 0 Å². The predicted molar refractivity (Wildman–Crippen MR) is 54.7 cm³/mol. The first-order valence-corrected chi connectivity index (χ1v) is 5.23. The molecule has 0 aromatic carbocycles. The van der Waals surface area contributed by atoms with Crippen LogP contribution in [0.2, 0.25) is 0 Å². The number of rotatable bonds is 3. The summed E-state index contributed by atoms with van der Waals surface area (Å²) < 4.78 is 5.05. The van der Waals surface area contributed by atoms with E-state index in [-0.39, 0.29) is 12.5 Å². The fraction of sp³-hybridized carbons (Fsp3) is 0.545. The maximum absolute atomic E-state index is 10.6. The standard InChI is InChI=1S/C11H15NO3/c13-11(14)6-10-5-8(1-3-12-10)9-2-4-15-7-9/h2,4,7-8,10,12H,1,3,5-6H2,(H,13,14). The smallest absolute Gasteiger partial charge is 0.304 e. The van der Waals surface area contributed by atoms with Gasteiger partial charge in [-0.1, -0.05) is 0 Å². The van der Waals surface area contributed by atoms with Gasteiger partial charge in [-0.05, 0) is 36.9 Å². The summed E-state index contributed by atoms with van der Waals surface area (Å²) in [6, 6.07) is 2.06. The highest BCUT2D eigenvalue weighted by atomic mass is 16.4. The molecule has 0 radical (unpaired) electrons. The molecule has 2 atom stereocenters. The van der Waals surface area contributed by atoms with Crippen LogP contribution in [0.4, 0.5) is 0 Å². The Labute approximate surface area is 88.3 Å². The number of hydrogen-bond donors (Lipinski definition) is 2. The first-order chi connectivity index (χ1) is 7.25. The number of furan rings is 1. The van der Waals surface area contributed by atoms with Gasteiger partial charge in [0.1, 0.15) is 0 Å². The van der Waals surface area contributed by atoms with Crippen molar-refractivity contribution in [3.8, 4) is 0 Å². The Hall–Kier alpha value is -1.29. The highest BCUT2D eigenvalue weighted by molar-refractivity contribution is 5.67. The van der Waals surface area contributed by atoms with Gasteiger partial charge in [0.15, 0.2) is 0 Å². The number of carboxylic acid groups (broad SMARTS) is 1. The molecular weight excluding hydrogens is 194 g/mol. The number of carbonyl (C=O) groups is 1. The monoisotopic (exact) mass is 209 g/mol. The second kappa shape index (κ2) is 4.49. The van der Waals surface area contributed by atoms with Crippen molar-refractivity contribution in [1.82, 2.24) is 5.32 Å². The lowest BCUT2D eigenvalue weighted by atomic mass is 9.87. The Balaban J connectivity index is 1.95. The first-order valence-electron chi connectivity index (χ1n) is 5.23. The third-order valence-corrected chi connectivity index (χ3v) is 2.93. The van der Waals surface area contributed by atoms with E-state index in [1.54, 1.807) is 12.5 Å². The Kier molecular flexibility index (Phi) is 3.06. The minimum atomic E-state index is -0.736. The molecule has 1 aromatic rings.